The van der Waals surface area contributed by atoms with E-state index in [1.165, 1.54) is 12.1 Å². The average molecular weight is 330 g/mol. The van der Waals surface area contributed by atoms with Crippen LogP contribution in [0.5, 0.6) is 0 Å². The summed E-state index contributed by atoms with van der Waals surface area (Å²) in [5.74, 6) is 1.30. The molecule has 5 heteroatoms. The molecule has 2 amide bonds. The second kappa shape index (κ2) is 7.07. The van der Waals surface area contributed by atoms with Crippen molar-refractivity contribution in [3.8, 4) is 0 Å². The van der Waals surface area contributed by atoms with Crippen molar-refractivity contribution >= 4 is 11.7 Å². The van der Waals surface area contributed by atoms with Crippen molar-refractivity contribution in [2.75, 3.05) is 5.32 Å². The van der Waals surface area contributed by atoms with E-state index in [9.17, 15) is 9.18 Å². The molecule has 3 rings (SSSR count). The predicted molar refractivity (Wildman–Crippen MR) is 91.4 cm³/mol. The second-order valence-corrected chi connectivity index (χ2v) is 6.41. The fourth-order valence-corrected chi connectivity index (χ4v) is 3.38. The fourth-order valence-electron chi connectivity index (χ4n) is 3.38. The third-order valence-corrected chi connectivity index (χ3v) is 4.64. The number of carbonyl (C=O) groups is 1. The summed E-state index contributed by atoms with van der Waals surface area (Å²) in [5, 5.41) is 2.88. The van der Waals surface area contributed by atoms with E-state index < -0.39 is 0 Å². The smallest absolute Gasteiger partial charge is 0.322 e. The lowest BCUT2D eigenvalue weighted by atomic mass is 10.1. The molecule has 0 spiro atoms. The van der Waals surface area contributed by atoms with Crippen LogP contribution in [0.1, 0.15) is 50.2 Å². The van der Waals surface area contributed by atoms with E-state index in [4.69, 9.17) is 4.42 Å². The molecular weight excluding hydrogens is 307 g/mol. The highest BCUT2D eigenvalue weighted by Crippen LogP contribution is 2.32. The SMILES string of the molecule is Cc1ccc(C(C)N(C(=O)Nc2ccc(F)cc2)C2CCCC2)o1. The Hall–Kier alpha value is -2.30. The number of nitrogens with zero attached hydrogens (tertiary/aromatic N) is 1. The van der Waals surface area contributed by atoms with Crippen LogP contribution >= 0.6 is 0 Å². The van der Waals surface area contributed by atoms with Gasteiger partial charge in [-0.05, 0) is 63.1 Å². The van der Waals surface area contributed by atoms with Gasteiger partial charge in [0.1, 0.15) is 17.3 Å². The lowest BCUT2D eigenvalue weighted by molar-refractivity contribution is 0.151. The van der Waals surface area contributed by atoms with Crippen LogP contribution in [0.3, 0.4) is 0 Å². The van der Waals surface area contributed by atoms with Crippen LogP contribution in [0.2, 0.25) is 0 Å². The Balaban J connectivity index is 1.80. The average Bonchev–Trinajstić information content (AvgIpc) is 3.21. The van der Waals surface area contributed by atoms with Gasteiger partial charge in [-0.3, -0.25) is 0 Å². The first-order valence-corrected chi connectivity index (χ1v) is 8.46. The molecule has 24 heavy (non-hydrogen) atoms. The van der Waals surface area contributed by atoms with E-state index in [2.05, 4.69) is 5.32 Å². The molecular formula is C19H23FN2O2. The maximum Gasteiger partial charge on any atom is 0.322 e. The summed E-state index contributed by atoms with van der Waals surface area (Å²) in [4.78, 5) is 14.8. The van der Waals surface area contributed by atoms with Crippen LogP contribution in [-0.2, 0) is 0 Å². The number of nitrogens with one attached hydrogen (secondary N) is 1. The van der Waals surface area contributed by atoms with Crippen LogP contribution in [0.25, 0.3) is 0 Å². The third kappa shape index (κ3) is 3.61. The monoisotopic (exact) mass is 330 g/mol. The lowest BCUT2D eigenvalue weighted by Crippen LogP contribution is -2.43. The molecule has 0 bridgehead atoms. The minimum absolute atomic E-state index is 0.151. The fraction of sp³-hybridized carbons (Fsp3) is 0.421. The number of carbonyl (C=O) groups excluding carboxylic acids is 1. The van der Waals surface area contributed by atoms with E-state index in [0.29, 0.717) is 5.69 Å². The Labute approximate surface area is 141 Å². The molecule has 128 valence electrons. The Morgan fingerprint density at radius 2 is 1.88 bits per heavy atom. The van der Waals surface area contributed by atoms with Gasteiger partial charge in [0.25, 0.3) is 0 Å². The van der Waals surface area contributed by atoms with E-state index in [0.717, 1.165) is 37.2 Å². The van der Waals surface area contributed by atoms with Gasteiger partial charge < -0.3 is 14.6 Å². The van der Waals surface area contributed by atoms with Gasteiger partial charge >= 0.3 is 6.03 Å². The zero-order chi connectivity index (χ0) is 17.1. The molecule has 1 aromatic carbocycles. The predicted octanol–water partition coefficient (Wildman–Crippen LogP) is 5.26. The van der Waals surface area contributed by atoms with Crippen LogP contribution in [-0.4, -0.2) is 17.0 Å². The van der Waals surface area contributed by atoms with Crippen molar-refractivity contribution in [3.05, 3.63) is 53.7 Å². The molecule has 1 aliphatic rings. The summed E-state index contributed by atoms with van der Waals surface area (Å²) in [6, 6.07) is 9.54. The number of rotatable bonds is 4. The third-order valence-electron chi connectivity index (χ3n) is 4.64. The van der Waals surface area contributed by atoms with Crippen molar-refractivity contribution in [2.24, 2.45) is 0 Å². The molecule has 1 N–H and O–H groups in total. The van der Waals surface area contributed by atoms with Gasteiger partial charge in [0.15, 0.2) is 0 Å². The van der Waals surface area contributed by atoms with Gasteiger partial charge in [-0.1, -0.05) is 12.8 Å². The van der Waals surface area contributed by atoms with Crippen LogP contribution < -0.4 is 5.32 Å². The number of benzene rings is 1. The largest absolute Gasteiger partial charge is 0.464 e. The van der Waals surface area contributed by atoms with Crippen molar-refractivity contribution < 1.29 is 13.6 Å². The zero-order valence-electron chi connectivity index (χ0n) is 14.1. The molecule has 0 saturated heterocycles. The summed E-state index contributed by atoms with van der Waals surface area (Å²) in [6.07, 6.45) is 4.27. The topological polar surface area (TPSA) is 45.5 Å². The standard InChI is InChI=1S/C19H23FN2O2/c1-13-7-12-18(24-13)14(2)22(17-5-3-4-6-17)19(23)21-16-10-8-15(20)9-11-16/h7-12,14,17H,3-6H2,1-2H3,(H,21,23). The number of hydrogen-bond donors (Lipinski definition) is 1. The number of anilines is 1. The highest BCUT2D eigenvalue weighted by Gasteiger charge is 2.32. The van der Waals surface area contributed by atoms with Crippen molar-refractivity contribution in [2.45, 2.75) is 51.6 Å². The number of urea groups is 1. The Kier molecular flexibility index (Phi) is 4.88. The molecule has 0 radical (unpaired) electrons. The maximum atomic E-state index is 13.0. The second-order valence-electron chi connectivity index (χ2n) is 6.41. The highest BCUT2D eigenvalue weighted by molar-refractivity contribution is 5.89. The molecule has 0 aliphatic heterocycles. The first-order chi connectivity index (χ1) is 11.5. The Morgan fingerprint density at radius 3 is 2.46 bits per heavy atom. The number of furan rings is 1. The van der Waals surface area contributed by atoms with Crippen molar-refractivity contribution in [1.29, 1.82) is 0 Å². The van der Waals surface area contributed by atoms with E-state index in [-0.39, 0.29) is 23.9 Å². The lowest BCUT2D eigenvalue weighted by Gasteiger charge is -2.33. The van der Waals surface area contributed by atoms with Crippen molar-refractivity contribution in [1.82, 2.24) is 4.90 Å². The van der Waals surface area contributed by atoms with Gasteiger partial charge in [-0.2, -0.15) is 0 Å². The molecule has 1 aromatic heterocycles. The summed E-state index contributed by atoms with van der Waals surface area (Å²) in [5.41, 5.74) is 0.590. The van der Waals surface area contributed by atoms with Crippen LogP contribution in [0, 0.1) is 12.7 Å². The van der Waals surface area contributed by atoms with E-state index in [1.54, 1.807) is 12.1 Å². The number of aryl methyl sites for hydroxylation is 1. The van der Waals surface area contributed by atoms with Crippen LogP contribution in [0.4, 0.5) is 14.9 Å². The van der Waals surface area contributed by atoms with Gasteiger partial charge in [0.2, 0.25) is 0 Å². The molecule has 1 saturated carbocycles. The molecule has 4 nitrogen and oxygen atoms in total. The highest BCUT2D eigenvalue weighted by atomic mass is 19.1. The Bertz CT molecular complexity index is 690. The molecule has 1 heterocycles. The summed E-state index contributed by atoms with van der Waals surface area (Å²) in [7, 11) is 0. The van der Waals surface area contributed by atoms with Crippen LogP contribution in [0.15, 0.2) is 40.8 Å². The van der Waals surface area contributed by atoms with Gasteiger partial charge in [-0.25, -0.2) is 9.18 Å². The minimum atomic E-state index is -0.319. The van der Waals surface area contributed by atoms with Gasteiger partial charge in [-0.15, -0.1) is 0 Å². The first kappa shape index (κ1) is 16.6. The normalized spacial score (nSPS) is 16.1. The molecule has 2 aromatic rings. The summed E-state index contributed by atoms with van der Waals surface area (Å²) >= 11 is 0. The number of hydrogen-bond acceptors (Lipinski definition) is 2. The van der Waals surface area contributed by atoms with Gasteiger partial charge in [0.05, 0.1) is 6.04 Å². The van der Waals surface area contributed by atoms with E-state index >= 15 is 0 Å². The zero-order valence-corrected chi connectivity index (χ0v) is 14.1. The van der Waals surface area contributed by atoms with E-state index in [1.807, 2.05) is 30.9 Å². The Morgan fingerprint density at radius 1 is 1.21 bits per heavy atom. The van der Waals surface area contributed by atoms with Crippen molar-refractivity contribution in [3.63, 3.8) is 0 Å². The molecule has 1 fully saturated rings. The summed E-state index contributed by atoms with van der Waals surface area (Å²) in [6.45, 7) is 3.88. The van der Waals surface area contributed by atoms with Gasteiger partial charge in [0, 0.05) is 11.7 Å². The number of amides is 2. The maximum absolute atomic E-state index is 13.0. The molecule has 1 atom stereocenters. The summed E-state index contributed by atoms with van der Waals surface area (Å²) < 4.78 is 18.8. The first-order valence-electron chi connectivity index (χ1n) is 8.46. The molecule has 1 aliphatic carbocycles. The molecule has 1 unspecified atom stereocenters. The minimum Gasteiger partial charge on any atom is -0.464 e. The quantitative estimate of drug-likeness (QED) is 0.830. The number of halogens is 1.